The summed E-state index contributed by atoms with van der Waals surface area (Å²) in [4.78, 5) is 11.2. The molecule has 0 heterocycles. The van der Waals surface area contributed by atoms with Gasteiger partial charge in [0.05, 0.1) is 0 Å². The van der Waals surface area contributed by atoms with Crippen molar-refractivity contribution in [2.45, 2.75) is 20.1 Å². The summed E-state index contributed by atoms with van der Waals surface area (Å²) in [5.74, 6) is -0.383. The maximum absolute atomic E-state index is 11.2. The topological polar surface area (TPSA) is 38.3 Å². The highest BCUT2D eigenvalue weighted by molar-refractivity contribution is 5.87. The van der Waals surface area contributed by atoms with Gasteiger partial charge in [0.25, 0.3) is 0 Å². The van der Waals surface area contributed by atoms with Crippen LogP contribution in [-0.2, 0) is 9.53 Å². The molecule has 1 aromatic carbocycles. The van der Waals surface area contributed by atoms with E-state index in [1.165, 1.54) is 0 Å². The second-order valence-electron chi connectivity index (χ2n) is 3.34. The van der Waals surface area contributed by atoms with Gasteiger partial charge < -0.3 is 10.1 Å². The summed E-state index contributed by atoms with van der Waals surface area (Å²) in [6, 6.07) is 9.57. The highest BCUT2D eigenvalue weighted by Gasteiger charge is 2.08. The molecule has 0 aromatic heterocycles. The van der Waals surface area contributed by atoms with Crippen LogP contribution in [0.5, 0.6) is 0 Å². The van der Waals surface area contributed by atoms with Crippen molar-refractivity contribution >= 4 is 11.7 Å². The zero-order chi connectivity index (χ0) is 11.3. The number of benzene rings is 1. The van der Waals surface area contributed by atoms with Crippen LogP contribution >= 0.6 is 0 Å². The number of carbonyl (C=O) groups is 1. The molecular weight excluding hydrogens is 190 g/mol. The zero-order valence-electron chi connectivity index (χ0n) is 8.99. The van der Waals surface area contributed by atoms with Gasteiger partial charge in [-0.2, -0.15) is 0 Å². The van der Waals surface area contributed by atoms with E-state index < -0.39 is 0 Å². The smallest absolute Gasteiger partial charge is 0.335 e. The monoisotopic (exact) mass is 205 g/mol. The van der Waals surface area contributed by atoms with Crippen LogP contribution in [0.2, 0.25) is 0 Å². The lowest BCUT2D eigenvalue weighted by atomic mass is 10.3. The van der Waals surface area contributed by atoms with Gasteiger partial charge in [0.2, 0.25) is 0 Å². The molecule has 0 amide bonds. The fraction of sp³-hybridized carbons (Fsp3) is 0.250. The Hall–Kier alpha value is -1.77. The van der Waals surface area contributed by atoms with Crippen LogP contribution in [0.25, 0.3) is 0 Å². The summed E-state index contributed by atoms with van der Waals surface area (Å²) in [7, 11) is 0. The molecule has 15 heavy (non-hydrogen) atoms. The summed E-state index contributed by atoms with van der Waals surface area (Å²) >= 11 is 0. The molecule has 0 bridgehead atoms. The standard InChI is InChI=1S/C12H15NO2/c1-9(2)12(14)15-10(3)13-11-7-5-4-6-8-11/h4-8,10,13H,1H2,2-3H3. The fourth-order valence-electron chi connectivity index (χ4n) is 1.06. The van der Waals surface area contributed by atoms with Gasteiger partial charge >= 0.3 is 5.97 Å². The van der Waals surface area contributed by atoms with Gasteiger partial charge in [-0.1, -0.05) is 24.8 Å². The maximum Gasteiger partial charge on any atom is 0.335 e. The van der Waals surface area contributed by atoms with E-state index in [1.54, 1.807) is 13.8 Å². The van der Waals surface area contributed by atoms with Crippen molar-refractivity contribution in [3.05, 3.63) is 42.5 Å². The Morgan fingerprint density at radius 3 is 2.53 bits per heavy atom. The molecule has 1 unspecified atom stereocenters. The minimum absolute atomic E-state index is 0.364. The Bertz CT molecular complexity index is 346. The van der Waals surface area contributed by atoms with Gasteiger partial charge in [-0.3, -0.25) is 0 Å². The normalized spacial score (nSPS) is 11.6. The van der Waals surface area contributed by atoms with E-state index in [0.717, 1.165) is 5.69 Å². The molecule has 0 aliphatic rings. The van der Waals surface area contributed by atoms with Gasteiger partial charge in [0.1, 0.15) is 0 Å². The van der Waals surface area contributed by atoms with Gasteiger partial charge in [-0.15, -0.1) is 0 Å². The van der Waals surface area contributed by atoms with Crippen LogP contribution in [0.1, 0.15) is 13.8 Å². The molecule has 1 atom stereocenters. The number of esters is 1. The lowest BCUT2D eigenvalue weighted by molar-refractivity contribution is -0.142. The van der Waals surface area contributed by atoms with Crippen molar-refractivity contribution in [1.82, 2.24) is 0 Å². The number of hydrogen-bond donors (Lipinski definition) is 1. The molecule has 1 N–H and O–H groups in total. The predicted molar refractivity (Wildman–Crippen MR) is 60.4 cm³/mol. The van der Waals surface area contributed by atoms with E-state index in [1.807, 2.05) is 30.3 Å². The fourth-order valence-corrected chi connectivity index (χ4v) is 1.06. The van der Waals surface area contributed by atoms with Crippen molar-refractivity contribution in [3.8, 4) is 0 Å². The molecule has 0 aliphatic carbocycles. The molecule has 80 valence electrons. The molecule has 1 rings (SSSR count). The molecule has 0 fully saturated rings. The van der Waals surface area contributed by atoms with Gasteiger partial charge in [-0.05, 0) is 26.0 Å². The number of anilines is 1. The average Bonchev–Trinajstić information content (AvgIpc) is 2.18. The minimum atomic E-state index is -0.383. The van der Waals surface area contributed by atoms with Crippen LogP contribution in [0.4, 0.5) is 5.69 Å². The van der Waals surface area contributed by atoms with Crippen molar-refractivity contribution in [3.63, 3.8) is 0 Å². The van der Waals surface area contributed by atoms with E-state index in [-0.39, 0.29) is 12.2 Å². The summed E-state index contributed by atoms with van der Waals surface area (Å²) in [6.45, 7) is 6.91. The first-order valence-corrected chi connectivity index (χ1v) is 4.77. The molecule has 0 aliphatic heterocycles. The Balaban J connectivity index is 2.46. The van der Waals surface area contributed by atoms with Crippen LogP contribution < -0.4 is 5.32 Å². The van der Waals surface area contributed by atoms with Crippen molar-refractivity contribution in [2.24, 2.45) is 0 Å². The predicted octanol–water partition coefficient (Wildman–Crippen LogP) is 2.56. The molecule has 0 saturated heterocycles. The number of nitrogens with one attached hydrogen (secondary N) is 1. The lowest BCUT2D eigenvalue weighted by Gasteiger charge is -2.15. The van der Waals surface area contributed by atoms with Crippen LogP contribution in [0, 0.1) is 0 Å². The van der Waals surface area contributed by atoms with E-state index in [2.05, 4.69) is 11.9 Å². The lowest BCUT2D eigenvalue weighted by Crippen LogP contribution is -2.23. The highest BCUT2D eigenvalue weighted by atomic mass is 16.6. The molecular formula is C12H15NO2. The summed E-state index contributed by atoms with van der Waals surface area (Å²) in [5.41, 5.74) is 1.32. The maximum atomic E-state index is 11.2. The second-order valence-corrected chi connectivity index (χ2v) is 3.34. The van der Waals surface area contributed by atoms with Gasteiger partial charge in [-0.25, -0.2) is 4.79 Å². The largest absolute Gasteiger partial charge is 0.439 e. The second kappa shape index (κ2) is 5.20. The van der Waals surface area contributed by atoms with E-state index in [4.69, 9.17) is 4.74 Å². The third kappa shape index (κ3) is 3.85. The summed E-state index contributed by atoms with van der Waals surface area (Å²) in [5, 5.41) is 3.04. The third-order valence-electron chi connectivity index (χ3n) is 1.78. The molecule has 0 saturated carbocycles. The Morgan fingerprint density at radius 2 is 2.00 bits per heavy atom. The molecule has 3 nitrogen and oxygen atoms in total. The Kier molecular flexibility index (Phi) is 3.92. The number of rotatable bonds is 4. The Morgan fingerprint density at radius 1 is 1.40 bits per heavy atom. The average molecular weight is 205 g/mol. The van der Waals surface area contributed by atoms with Crippen LogP contribution in [-0.4, -0.2) is 12.2 Å². The minimum Gasteiger partial charge on any atom is -0.439 e. The van der Waals surface area contributed by atoms with E-state index in [0.29, 0.717) is 5.57 Å². The van der Waals surface area contributed by atoms with Crippen LogP contribution in [0.3, 0.4) is 0 Å². The number of para-hydroxylation sites is 1. The summed E-state index contributed by atoms with van der Waals surface area (Å²) < 4.78 is 5.07. The number of hydrogen-bond acceptors (Lipinski definition) is 3. The van der Waals surface area contributed by atoms with Crippen LogP contribution in [0.15, 0.2) is 42.5 Å². The molecule has 0 radical (unpaired) electrons. The highest BCUT2D eigenvalue weighted by Crippen LogP contribution is 2.08. The first kappa shape index (κ1) is 11.3. The molecule has 3 heteroatoms. The quantitative estimate of drug-likeness (QED) is 0.466. The van der Waals surface area contributed by atoms with E-state index >= 15 is 0 Å². The first-order chi connectivity index (χ1) is 7.09. The first-order valence-electron chi connectivity index (χ1n) is 4.77. The third-order valence-corrected chi connectivity index (χ3v) is 1.78. The Labute approximate surface area is 89.8 Å². The van der Waals surface area contributed by atoms with Gasteiger partial charge in [0.15, 0.2) is 6.23 Å². The molecule has 0 spiro atoms. The van der Waals surface area contributed by atoms with Gasteiger partial charge in [0, 0.05) is 11.3 Å². The zero-order valence-corrected chi connectivity index (χ0v) is 8.99. The van der Waals surface area contributed by atoms with Crippen molar-refractivity contribution in [2.75, 3.05) is 5.32 Å². The molecule has 1 aromatic rings. The summed E-state index contributed by atoms with van der Waals surface area (Å²) in [6.07, 6.45) is -0.364. The number of ether oxygens (including phenoxy) is 1. The SMILES string of the molecule is C=C(C)C(=O)OC(C)Nc1ccccc1. The van der Waals surface area contributed by atoms with Crippen molar-refractivity contribution in [1.29, 1.82) is 0 Å². The number of carbonyl (C=O) groups excluding carboxylic acids is 1. The van der Waals surface area contributed by atoms with E-state index in [9.17, 15) is 4.79 Å². The van der Waals surface area contributed by atoms with Crippen molar-refractivity contribution < 1.29 is 9.53 Å².